The van der Waals surface area contributed by atoms with Gasteiger partial charge in [-0.3, -0.25) is 4.90 Å². The van der Waals surface area contributed by atoms with Crippen molar-refractivity contribution in [3.05, 3.63) is 94.1 Å². The fourth-order valence-corrected chi connectivity index (χ4v) is 5.11. The first-order chi connectivity index (χ1) is 22.7. The van der Waals surface area contributed by atoms with Crippen molar-refractivity contribution in [1.29, 1.82) is 0 Å². The van der Waals surface area contributed by atoms with Gasteiger partial charge in [-0.25, -0.2) is 9.59 Å². The van der Waals surface area contributed by atoms with Crippen LogP contribution in [-0.4, -0.2) is 89.6 Å². The molecule has 0 radical (unpaired) electrons. The van der Waals surface area contributed by atoms with Crippen molar-refractivity contribution in [2.75, 3.05) is 33.3 Å². The number of fused-ring (bicyclic) bond motifs is 2. The second-order valence-electron chi connectivity index (χ2n) is 11.3. The minimum Gasteiger partial charge on any atom is -0.450 e. The zero-order valence-electron chi connectivity index (χ0n) is 27.5. The Bertz CT molecular complexity index is 1870. The van der Waals surface area contributed by atoms with Crippen molar-refractivity contribution in [1.82, 2.24) is 44.2 Å². The Hall–Kier alpha value is -5.62. The Morgan fingerprint density at radius 1 is 0.745 bits per heavy atom. The van der Waals surface area contributed by atoms with Crippen molar-refractivity contribution in [2.45, 2.75) is 53.9 Å². The number of nitrogens with zero attached hydrogens (tertiary/aromatic N) is 9. The van der Waals surface area contributed by atoms with Gasteiger partial charge in [0.25, 0.3) is 0 Å². The molecule has 0 saturated carbocycles. The van der Waals surface area contributed by atoms with Gasteiger partial charge >= 0.3 is 12.1 Å². The highest BCUT2D eigenvalue weighted by Gasteiger charge is 2.26. The first-order valence-electron chi connectivity index (χ1n) is 15.7. The minimum absolute atomic E-state index is 0.0270. The Balaban J connectivity index is 0.000000185. The lowest BCUT2D eigenvalue weighted by Gasteiger charge is -2.30. The van der Waals surface area contributed by atoms with E-state index in [0.717, 1.165) is 22.8 Å². The number of aromatic nitrogens is 6. The predicted molar refractivity (Wildman–Crippen MR) is 176 cm³/mol. The zero-order chi connectivity index (χ0) is 33.3. The molecule has 12 heteroatoms. The molecule has 0 atom stereocenters. The molecular formula is C35H39N9O3. The van der Waals surface area contributed by atoms with Gasteiger partial charge in [-0.15, -0.1) is 20.4 Å². The summed E-state index contributed by atoms with van der Waals surface area (Å²) in [4.78, 5) is 29.2. The molecule has 4 aromatic rings. The van der Waals surface area contributed by atoms with E-state index in [1.807, 2.05) is 78.4 Å². The first kappa shape index (κ1) is 32.8. The molecule has 242 valence electrons. The number of rotatable bonds is 2. The molecule has 2 aromatic heterocycles. The van der Waals surface area contributed by atoms with E-state index in [2.05, 4.69) is 44.1 Å². The van der Waals surface area contributed by atoms with Gasteiger partial charge in [-0.1, -0.05) is 36.1 Å². The second-order valence-corrected chi connectivity index (χ2v) is 11.3. The van der Waals surface area contributed by atoms with Gasteiger partial charge < -0.3 is 23.7 Å². The molecule has 0 aliphatic carbocycles. The predicted octanol–water partition coefficient (Wildman–Crippen LogP) is 3.83. The van der Waals surface area contributed by atoms with E-state index >= 15 is 0 Å². The van der Waals surface area contributed by atoms with E-state index in [1.165, 1.54) is 11.1 Å². The van der Waals surface area contributed by atoms with Crippen LogP contribution in [0, 0.1) is 37.5 Å². The fourth-order valence-electron chi connectivity index (χ4n) is 5.11. The number of amides is 3. The van der Waals surface area contributed by atoms with Crippen molar-refractivity contribution in [3.8, 4) is 23.7 Å². The summed E-state index contributed by atoms with van der Waals surface area (Å²) in [7, 11) is 1.81. The van der Waals surface area contributed by atoms with E-state index < -0.39 is 0 Å². The number of carbonyl (C=O) groups excluding carboxylic acids is 2. The third kappa shape index (κ3) is 8.16. The van der Waals surface area contributed by atoms with Gasteiger partial charge in [0.2, 0.25) is 11.6 Å². The molecule has 6 rings (SSSR count). The van der Waals surface area contributed by atoms with Gasteiger partial charge in [0.1, 0.15) is 0 Å². The number of ether oxygens (including phenoxy) is 1. The van der Waals surface area contributed by atoms with Crippen LogP contribution < -0.4 is 0 Å². The van der Waals surface area contributed by atoms with E-state index in [0.29, 0.717) is 64.1 Å². The molecule has 0 spiro atoms. The lowest BCUT2D eigenvalue weighted by Crippen LogP contribution is -2.45. The summed E-state index contributed by atoms with van der Waals surface area (Å²) >= 11 is 0. The highest BCUT2D eigenvalue weighted by molar-refractivity contribution is 5.74. The average Bonchev–Trinajstić information content (AvgIpc) is 3.69. The third-order valence-electron chi connectivity index (χ3n) is 7.78. The third-order valence-corrected chi connectivity index (χ3v) is 7.78. The van der Waals surface area contributed by atoms with Crippen LogP contribution >= 0.6 is 0 Å². The van der Waals surface area contributed by atoms with E-state index in [4.69, 9.17) is 4.74 Å². The number of benzene rings is 2. The lowest BCUT2D eigenvalue weighted by atomic mass is 10.1. The van der Waals surface area contributed by atoms with Crippen molar-refractivity contribution >= 4 is 12.1 Å². The number of aryl methyl sites for hydroxylation is 2. The topological polar surface area (TPSA) is 115 Å². The number of urea groups is 1. The lowest BCUT2D eigenvalue weighted by molar-refractivity contribution is 0.0962. The SMILES string of the molecule is CCN(C)C(=O)N1CCn2c(C#Cc3cccc(C)c3)nnc2C1.CCOC(=O)N1CCn2c(C#Cc3cccc(C)c3)nnc2C1. The van der Waals surface area contributed by atoms with Crippen LogP contribution in [0.3, 0.4) is 0 Å². The molecule has 2 aromatic carbocycles. The summed E-state index contributed by atoms with van der Waals surface area (Å²) in [6.45, 7) is 12.3. The van der Waals surface area contributed by atoms with Crippen molar-refractivity contribution in [3.63, 3.8) is 0 Å². The van der Waals surface area contributed by atoms with Crippen LogP contribution in [-0.2, 0) is 30.9 Å². The molecule has 0 N–H and O–H groups in total. The van der Waals surface area contributed by atoms with Crippen LogP contribution in [0.2, 0.25) is 0 Å². The summed E-state index contributed by atoms with van der Waals surface area (Å²) in [5.41, 5.74) is 4.26. The number of hydrogen-bond donors (Lipinski definition) is 0. The molecule has 3 amide bonds. The number of hydrogen-bond acceptors (Lipinski definition) is 7. The molecular weight excluding hydrogens is 594 g/mol. The van der Waals surface area contributed by atoms with Gasteiger partial charge in [0.15, 0.2) is 11.6 Å². The Morgan fingerprint density at radius 3 is 1.74 bits per heavy atom. The molecule has 47 heavy (non-hydrogen) atoms. The maximum atomic E-state index is 12.3. The van der Waals surface area contributed by atoms with E-state index in [-0.39, 0.29) is 12.1 Å². The minimum atomic E-state index is -0.311. The molecule has 0 fully saturated rings. The highest BCUT2D eigenvalue weighted by Crippen LogP contribution is 2.15. The molecule has 0 bridgehead atoms. The summed E-state index contributed by atoms with van der Waals surface area (Å²) in [5.74, 6) is 15.2. The average molecular weight is 634 g/mol. The monoisotopic (exact) mass is 633 g/mol. The summed E-state index contributed by atoms with van der Waals surface area (Å²) in [5, 5.41) is 16.7. The fraction of sp³-hybridized carbons (Fsp3) is 0.371. The van der Waals surface area contributed by atoms with Crippen LogP contribution in [0.25, 0.3) is 0 Å². The summed E-state index contributed by atoms with van der Waals surface area (Å²) in [6.07, 6.45) is -0.311. The molecule has 0 unspecified atom stereocenters. The van der Waals surface area contributed by atoms with Crippen LogP contribution in [0.5, 0.6) is 0 Å². The quantitative estimate of drug-likeness (QED) is 0.308. The van der Waals surface area contributed by atoms with Crippen LogP contribution in [0.15, 0.2) is 48.5 Å². The van der Waals surface area contributed by atoms with Crippen LogP contribution in [0.1, 0.15) is 59.4 Å². The molecule has 2 aliphatic heterocycles. The first-order valence-corrected chi connectivity index (χ1v) is 15.7. The largest absolute Gasteiger partial charge is 0.450 e. The maximum Gasteiger partial charge on any atom is 0.410 e. The second kappa shape index (κ2) is 15.1. The Labute approximate surface area is 275 Å². The van der Waals surface area contributed by atoms with Crippen LogP contribution in [0.4, 0.5) is 9.59 Å². The standard InChI is InChI=1S/C18H21N5O.C17H18N4O2/c1-4-21(3)18(24)22-10-11-23-16(19-20-17(23)13-22)9-8-15-7-5-6-14(2)12-15;1-3-23-17(22)20-9-10-21-15(18-19-16(21)12-20)8-7-14-6-4-5-13(2)11-14/h5-7,12H,4,10-11,13H2,1-3H3;4-6,11H,3,9-10,12H2,1-2H3. The molecule has 12 nitrogen and oxygen atoms in total. The maximum absolute atomic E-state index is 12.3. The van der Waals surface area contributed by atoms with Gasteiger partial charge in [0.05, 0.1) is 19.7 Å². The Morgan fingerprint density at radius 2 is 1.26 bits per heavy atom. The van der Waals surface area contributed by atoms with Gasteiger partial charge in [-0.2, -0.15) is 0 Å². The molecule has 0 saturated heterocycles. The normalized spacial score (nSPS) is 13.0. The summed E-state index contributed by atoms with van der Waals surface area (Å²) < 4.78 is 8.98. The van der Waals surface area contributed by atoms with Crippen molar-refractivity contribution in [2.24, 2.45) is 0 Å². The number of carbonyl (C=O) groups is 2. The highest BCUT2D eigenvalue weighted by atomic mass is 16.6. The van der Waals surface area contributed by atoms with Crippen molar-refractivity contribution < 1.29 is 14.3 Å². The van der Waals surface area contributed by atoms with Gasteiger partial charge in [-0.05, 0) is 74.9 Å². The zero-order valence-corrected chi connectivity index (χ0v) is 27.5. The molecule has 4 heterocycles. The molecule has 2 aliphatic rings. The van der Waals surface area contributed by atoms with Gasteiger partial charge in [0, 0.05) is 50.9 Å². The van der Waals surface area contributed by atoms with E-state index in [9.17, 15) is 9.59 Å². The Kier molecular flexibility index (Phi) is 10.5. The summed E-state index contributed by atoms with van der Waals surface area (Å²) in [6, 6.07) is 16.1. The smallest absolute Gasteiger partial charge is 0.410 e. The van der Waals surface area contributed by atoms with E-state index in [1.54, 1.807) is 28.7 Å².